The second-order valence-corrected chi connectivity index (χ2v) is 9.88. The lowest BCUT2D eigenvalue weighted by molar-refractivity contribution is -0.139. The van der Waals surface area contributed by atoms with Crippen LogP contribution < -0.4 is 10.6 Å². The number of pyridine rings is 2. The maximum absolute atomic E-state index is 13.0. The summed E-state index contributed by atoms with van der Waals surface area (Å²) in [5.41, 5.74) is 3.28. The van der Waals surface area contributed by atoms with Crippen molar-refractivity contribution in [3.8, 4) is 0 Å². The van der Waals surface area contributed by atoms with Crippen molar-refractivity contribution in [2.75, 3.05) is 45.2 Å². The molecule has 0 aliphatic heterocycles. The molecule has 230 valence electrons. The molecule has 2 rings (SSSR count). The molecule has 9 nitrogen and oxygen atoms in total. The number of ether oxygens (including phenoxy) is 1. The zero-order chi connectivity index (χ0) is 30.6. The fourth-order valence-corrected chi connectivity index (χ4v) is 4.74. The van der Waals surface area contributed by atoms with Gasteiger partial charge in [0.05, 0.1) is 17.2 Å². The van der Waals surface area contributed by atoms with Gasteiger partial charge in [-0.15, -0.1) is 0 Å². The number of aromatic nitrogens is 2. The number of nitrogens with zero attached hydrogens (tertiary/aromatic N) is 3. The van der Waals surface area contributed by atoms with Crippen molar-refractivity contribution in [2.24, 2.45) is 0 Å². The molecule has 0 fully saturated rings. The van der Waals surface area contributed by atoms with E-state index in [0.29, 0.717) is 43.9 Å². The van der Waals surface area contributed by atoms with Crippen LogP contribution in [0.4, 0.5) is 5.82 Å². The summed E-state index contributed by atoms with van der Waals surface area (Å²) in [4.78, 5) is 36.1. The Hall–Kier alpha value is -2.75. The Labute approximate surface area is 251 Å². The molecule has 0 saturated heterocycles. The summed E-state index contributed by atoms with van der Waals surface area (Å²) in [7, 11) is 1.89. The van der Waals surface area contributed by atoms with Crippen LogP contribution in [0.3, 0.4) is 0 Å². The topological polar surface area (TPSA) is 117 Å². The first kappa shape index (κ1) is 36.3. The van der Waals surface area contributed by atoms with Gasteiger partial charge in [-0.2, -0.15) is 0 Å². The van der Waals surface area contributed by atoms with E-state index >= 15 is 0 Å². The van der Waals surface area contributed by atoms with Crippen molar-refractivity contribution in [3.05, 3.63) is 51.9 Å². The summed E-state index contributed by atoms with van der Waals surface area (Å²) in [5, 5.41) is 15.9. The first-order valence-electron chi connectivity index (χ1n) is 15.0. The number of aryl methyl sites for hydroxylation is 3. The van der Waals surface area contributed by atoms with Gasteiger partial charge in [0, 0.05) is 44.8 Å². The number of hydrogen-bond acceptors (Lipinski definition) is 7. The van der Waals surface area contributed by atoms with Crippen LogP contribution in [-0.4, -0.2) is 77.8 Å². The average molecular weight is 592 g/mol. The van der Waals surface area contributed by atoms with E-state index in [4.69, 9.17) is 21.3 Å². The van der Waals surface area contributed by atoms with E-state index in [0.717, 1.165) is 50.2 Å². The van der Waals surface area contributed by atoms with Crippen molar-refractivity contribution in [3.63, 3.8) is 0 Å². The number of carboxylic acid groups (broad SMARTS) is 1. The molecule has 1 unspecified atom stereocenters. The number of carboxylic acids is 1. The number of unbranched alkanes of at least 4 members (excludes halogenated alkanes) is 1. The van der Waals surface area contributed by atoms with E-state index in [1.807, 2.05) is 34.7 Å². The summed E-state index contributed by atoms with van der Waals surface area (Å²) in [6.45, 7) is 13.3. The van der Waals surface area contributed by atoms with Crippen molar-refractivity contribution in [2.45, 2.75) is 85.6 Å². The number of rotatable bonds is 19. The molecule has 0 aliphatic rings. The smallest absolute Gasteiger partial charge is 0.326 e. The van der Waals surface area contributed by atoms with Gasteiger partial charge in [-0.05, 0) is 69.2 Å². The monoisotopic (exact) mass is 591 g/mol. The van der Waals surface area contributed by atoms with Crippen LogP contribution in [0.25, 0.3) is 0 Å². The number of amides is 1. The van der Waals surface area contributed by atoms with Crippen molar-refractivity contribution < 1.29 is 19.4 Å². The Kier molecular flexibility index (Phi) is 18.6. The summed E-state index contributed by atoms with van der Waals surface area (Å²) in [6.07, 6.45) is 8.46. The Morgan fingerprint density at radius 3 is 2.44 bits per heavy atom. The maximum atomic E-state index is 13.0. The predicted molar refractivity (Wildman–Crippen MR) is 167 cm³/mol. The Morgan fingerprint density at radius 2 is 1.80 bits per heavy atom. The fraction of sp³-hybridized carbons (Fsp3) is 0.613. The van der Waals surface area contributed by atoms with Crippen LogP contribution in [0.1, 0.15) is 87.5 Å². The third kappa shape index (κ3) is 12.8. The van der Waals surface area contributed by atoms with Gasteiger partial charge in [0.2, 0.25) is 0 Å². The lowest BCUT2D eigenvalue weighted by Crippen LogP contribution is -2.44. The molecule has 1 amide bonds. The van der Waals surface area contributed by atoms with Gasteiger partial charge < -0.3 is 25.4 Å². The van der Waals surface area contributed by atoms with E-state index in [9.17, 15) is 14.7 Å². The standard InChI is InChI=1S/C29H44ClN5O4.C2H6/c1-5-10-22-19-32-20-24(30)26(22)28(36)34-25(29(37)38)14-16-35(17-18-39-7-3)15-9-8-11-23-13-12-21(6-2)27(31-4)33-23;1-2/h12-13,19-20,25H,5-11,14-18H2,1-4H3,(H,31,33)(H,34,36)(H,37,38);1-2H3. The Bertz CT molecular complexity index is 1050. The van der Waals surface area contributed by atoms with Gasteiger partial charge in [-0.3, -0.25) is 9.78 Å². The van der Waals surface area contributed by atoms with E-state index < -0.39 is 17.9 Å². The molecular weight excluding hydrogens is 542 g/mol. The quantitative estimate of drug-likeness (QED) is 0.180. The van der Waals surface area contributed by atoms with Crippen LogP contribution in [0.5, 0.6) is 0 Å². The minimum absolute atomic E-state index is 0.224. The molecular formula is C31H50ClN5O4. The van der Waals surface area contributed by atoms with Gasteiger partial charge in [0.25, 0.3) is 5.91 Å². The van der Waals surface area contributed by atoms with Crippen LogP contribution in [-0.2, 0) is 28.8 Å². The van der Waals surface area contributed by atoms with E-state index in [2.05, 4.69) is 39.6 Å². The summed E-state index contributed by atoms with van der Waals surface area (Å²) < 4.78 is 5.55. The molecule has 0 bridgehead atoms. The van der Waals surface area contributed by atoms with E-state index in [1.165, 1.54) is 11.8 Å². The van der Waals surface area contributed by atoms with Gasteiger partial charge in [-0.25, -0.2) is 9.78 Å². The Morgan fingerprint density at radius 1 is 1.05 bits per heavy atom. The van der Waals surface area contributed by atoms with Crippen molar-refractivity contribution in [1.82, 2.24) is 20.2 Å². The zero-order valence-corrected chi connectivity index (χ0v) is 26.5. The van der Waals surface area contributed by atoms with E-state index in [1.54, 1.807) is 6.20 Å². The molecule has 0 saturated carbocycles. The number of halogens is 1. The molecule has 0 radical (unpaired) electrons. The maximum Gasteiger partial charge on any atom is 0.326 e. The Balaban J connectivity index is 0.00000411. The molecule has 2 aromatic heterocycles. The minimum Gasteiger partial charge on any atom is -0.480 e. The van der Waals surface area contributed by atoms with Crippen LogP contribution in [0, 0.1) is 0 Å². The van der Waals surface area contributed by atoms with Crippen LogP contribution >= 0.6 is 11.6 Å². The molecule has 3 N–H and O–H groups in total. The number of nitrogens with one attached hydrogen (secondary N) is 2. The number of aliphatic carboxylic acids is 1. The number of anilines is 1. The number of carbonyl (C=O) groups excluding carboxylic acids is 1. The molecule has 2 aromatic rings. The highest BCUT2D eigenvalue weighted by molar-refractivity contribution is 6.34. The van der Waals surface area contributed by atoms with Gasteiger partial charge in [0.1, 0.15) is 11.9 Å². The van der Waals surface area contributed by atoms with Gasteiger partial charge in [-0.1, -0.05) is 51.8 Å². The van der Waals surface area contributed by atoms with E-state index in [-0.39, 0.29) is 11.4 Å². The fourth-order valence-electron chi connectivity index (χ4n) is 4.47. The lowest BCUT2D eigenvalue weighted by atomic mass is 10.0. The molecule has 0 spiro atoms. The first-order chi connectivity index (χ1) is 19.8. The average Bonchev–Trinajstić information content (AvgIpc) is 2.97. The highest BCUT2D eigenvalue weighted by atomic mass is 35.5. The van der Waals surface area contributed by atoms with Crippen molar-refractivity contribution in [1.29, 1.82) is 0 Å². The number of hydrogen-bond donors (Lipinski definition) is 3. The first-order valence-corrected chi connectivity index (χ1v) is 15.3. The third-order valence-corrected chi connectivity index (χ3v) is 6.92. The van der Waals surface area contributed by atoms with Crippen molar-refractivity contribution >= 4 is 29.3 Å². The molecule has 1 atom stereocenters. The van der Waals surface area contributed by atoms with Gasteiger partial charge >= 0.3 is 5.97 Å². The highest BCUT2D eigenvalue weighted by Gasteiger charge is 2.24. The molecule has 0 aliphatic carbocycles. The molecule has 2 heterocycles. The third-order valence-electron chi connectivity index (χ3n) is 6.63. The SMILES string of the molecule is CC.CCCc1cncc(Cl)c1C(=O)NC(CCN(CCCCc1ccc(CC)c(NC)n1)CCOCC)C(=O)O. The summed E-state index contributed by atoms with van der Waals surface area (Å²) in [6, 6.07) is 3.19. The zero-order valence-electron chi connectivity index (χ0n) is 25.8. The second-order valence-electron chi connectivity index (χ2n) is 9.47. The minimum atomic E-state index is -1.07. The predicted octanol–water partition coefficient (Wildman–Crippen LogP) is 5.65. The molecule has 10 heteroatoms. The lowest BCUT2D eigenvalue weighted by Gasteiger charge is -2.24. The van der Waals surface area contributed by atoms with Crippen LogP contribution in [0.2, 0.25) is 5.02 Å². The largest absolute Gasteiger partial charge is 0.480 e. The highest BCUT2D eigenvalue weighted by Crippen LogP contribution is 2.20. The second kappa shape index (κ2) is 21.0. The normalized spacial score (nSPS) is 11.5. The van der Waals surface area contributed by atoms with Crippen LogP contribution in [0.15, 0.2) is 24.5 Å². The number of carbonyl (C=O) groups is 2. The molecule has 41 heavy (non-hydrogen) atoms. The van der Waals surface area contributed by atoms with Gasteiger partial charge in [0.15, 0.2) is 0 Å². The molecule has 0 aromatic carbocycles. The summed E-state index contributed by atoms with van der Waals surface area (Å²) in [5.74, 6) is -0.621. The summed E-state index contributed by atoms with van der Waals surface area (Å²) >= 11 is 6.27.